The van der Waals surface area contributed by atoms with Crippen molar-refractivity contribution in [2.75, 3.05) is 7.11 Å². The SMILES string of the molecule is COc1ccc(CN(C(=O)C(C)c2n[nH]c(=O)c3ccccc23)C2CC2)cc1OC1CCCCCC1. The maximum Gasteiger partial charge on any atom is 0.272 e. The van der Waals surface area contributed by atoms with E-state index in [1.54, 1.807) is 13.2 Å². The third kappa shape index (κ3) is 5.25. The maximum absolute atomic E-state index is 13.8. The number of hydrogen-bond acceptors (Lipinski definition) is 5. The summed E-state index contributed by atoms with van der Waals surface area (Å²) in [6.45, 7) is 2.37. The number of H-pyrrole nitrogens is 1. The first-order valence-electron chi connectivity index (χ1n) is 13.2. The topological polar surface area (TPSA) is 84.5 Å². The average molecular weight is 490 g/mol. The largest absolute Gasteiger partial charge is 0.493 e. The van der Waals surface area contributed by atoms with Gasteiger partial charge in [-0.15, -0.1) is 0 Å². The third-order valence-corrected chi connectivity index (χ3v) is 7.45. The fraction of sp³-hybridized carbons (Fsp3) is 0.483. The number of aromatic amines is 1. The van der Waals surface area contributed by atoms with E-state index in [0.29, 0.717) is 17.6 Å². The molecule has 1 N–H and O–H groups in total. The summed E-state index contributed by atoms with van der Waals surface area (Å²) < 4.78 is 12.0. The molecule has 2 aliphatic rings. The van der Waals surface area contributed by atoms with Gasteiger partial charge in [-0.2, -0.15) is 5.10 Å². The van der Waals surface area contributed by atoms with E-state index in [9.17, 15) is 9.59 Å². The van der Waals surface area contributed by atoms with Crippen LogP contribution in [-0.2, 0) is 11.3 Å². The predicted molar refractivity (Wildman–Crippen MR) is 139 cm³/mol. The van der Waals surface area contributed by atoms with Gasteiger partial charge in [0.05, 0.1) is 30.2 Å². The molecule has 0 saturated heterocycles. The second-order valence-corrected chi connectivity index (χ2v) is 10.1. The van der Waals surface area contributed by atoms with Crippen molar-refractivity contribution >= 4 is 16.7 Å². The molecule has 0 spiro atoms. The molecule has 1 amide bonds. The van der Waals surface area contributed by atoms with Gasteiger partial charge in [-0.3, -0.25) is 9.59 Å². The van der Waals surface area contributed by atoms with Gasteiger partial charge >= 0.3 is 0 Å². The Hall–Kier alpha value is -3.35. The lowest BCUT2D eigenvalue weighted by Gasteiger charge is -2.27. The van der Waals surface area contributed by atoms with Gasteiger partial charge < -0.3 is 14.4 Å². The summed E-state index contributed by atoms with van der Waals surface area (Å²) in [6.07, 6.45) is 9.27. The Morgan fingerprint density at radius 3 is 2.44 bits per heavy atom. The number of benzene rings is 2. The minimum Gasteiger partial charge on any atom is -0.493 e. The van der Waals surface area contributed by atoms with Crippen LogP contribution < -0.4 is 15.0 Å². The van der Waals surface area contributed by atoms with Crippen LogP contribution in [0.5, 0.6) is 11.5 Å². The van der Waals surface area contributed by atoms with Crippen LogP contribution in [0.15, 0.2) is 47.3 Å². The highest BCUT2D eigenvalue weighted by Crippen LogP contribution is 2.35. The van der Waals surface area contributed by atoms with Crippen LogP contribution in [-0.4, -0.2) is 40.3 Å². The zero-order valence-electron chi connectivity index (χ0n) is 21.2. The van der Waals surface area contributed by atoms with Crippen LogP contribution in [0.2, 0.25) is 0 Å². The molecule has 2 saturated carbocycles. The fourth-order valence-corrected chi connectivity index (χ4v) is 5.25. The first kappa shape index (κ1) is 24.3. The maximum atomic E-state index is 13.8. The molecule has 36 heavy (non-hydrogen) atoms. The summed E-state index contributed by atoms with van der Waals surface area (Å²) in [6, 6.07) is 13.5. The molecule has 7 nitrogen and oxygen atoms in total. The second-order valence-electron chi connectivity index (χ2n) is 10.1. The monoisotopic (exact) mass is 489 g/mol. The summed E-state index contributed by atoms with van der Waals surface area (Å²) in [5.41, 5.74) is 1.38. The van der Waals surface area contributed by atoms with Crippen LogP contribution in [0.3, 0.4) is 0 Å². The minimum atomic E-state index is -0.479. The average Bonchev–Trinajstić information content (AvgIpc) is 3.76. The van der Waals surface area contributed by atoms with E-state index in [4.69, 9.17) is 9.47 Å². The van der Waals surface area contributed by atoms with E-state index in [0.717, 1.165) is 48.1 Å². The number of hydrogen-bond donors (Lipinski definition) is 1. The van der Waals surface area contributed by atoms with E-state index >= 15 is 0 Å². The Morgan fingerprint density at radius 1 is 1.03 bits per heavy atom. The van der Waals surface area contributed by atoms with Gasteiger partial charge in [0.15, 0.2) is 11.5 Å². The molecular weight excluding hydrogens is 454 g/mol. The Morgan fingerprint density at radius 2 is 1.75 bits per heavy atom. The molecule has 1 unspecified atom stereocenters. The van der Waals surface area contributed by atoms with Crippen molar-refractivity contribution < 1.29 is 14.3 Å². The number of methoxy groups -OCH3 is 1. The van der Waals surface area contributed by atoms with Gasteiger partial charge in [0.1, 0.15) is 0 Å². The van der Waals surface area contributed by atoms with Crippen LogP contribution in [0.1, 0.15) is 75.5 Å². The van der Waals surface area contributed by atoms with Crippen LogP contribution in [0, 0.1) is 0 Å². The van der Waals surface area contributed by atoms with Crippen LogP contribution in [0.4, 0.5) is 0 Å². The lowest BCUT2D eigenvalue weighted by atomic mass is 9.99. The van der Waals surface area contributed by atoms with Gasteiger partial charge in [0.2, 0.25) is 5.91 Å². The number of carbonyl (C=O) groups is 1. The Labute approximate surface area is 211 Å². The summed E-state index contributed by atoms with van der Waals surface area (Å²) in [5, 5.41) is 8.13. The quantitative estimate of drug-likeness (QED) is 0.433. The number of rotatable bonds is 8. The molecule has 0 aliphatic heterocycles. The number of amides is 1. The zero-order valence-corrected chi connectivity index (χ0v) is 21.2. The number of nitrogens with zero attached hydrogens (tertiary/aromatic N) is 2. The van der Waals surface area contributed by atoms with E-state index in [1.807, 2.05) is 48.2 Å². The first-order chi connectivity index (χ1) is 17.5. The van der Waals surface area contributed by atoms with Crippen molar-refractivity contribution in [1.82, 2.24) is 15.1 Å². The Bertz CT molecular complexity index is 1270. The Balaban J connectivity index is 1.38. The summed E-state index contributed by atoms with van der Waals surface area (Å²) >= 11 is 0. The summed E-state index contributed by atoms with van der Waals surface area (Å²) in [7, 11) is 1.66. The van der Waals surface area contributed by atoms with Gasteiger partial charge in [-0.25, -0.2) is 5.10 Å². The number of fused-ring (bicyclic) bond motifs is 1. The van der Waals surface area contributed by atoms with Gasteiger partial charge in [-0.1, -0.05) is 37.1 Å². The molecule has 1 atom stereocenters. The predicted octanol–water partition coefficient (Wildman–Crippen LogP) is 5.33. The van der Waals surface area contributed by atoms with Crippen molar-refractivity contribution in [1.29, 1.82) is 0 Å². The van der Waals surface area contributed by atoms with Gasteiger partial charge in [0, 0.05) is 18.0 Å². The molecule has 1 aromatic heterocycles. The van der Waals surface area contributed by atoms with Crippen LogP contribution >= 0.6 is 0 Å². The highest BCUT2D eigenvalue weighted by Gasteiger charge is 2.36. The smallest absolute Gasteiger partial charge is 0.272 e. The van der Waals surface area contributed by atoms with E-state index in [-0.39, 0.29) is 23.6 Å². The standard InChI is InChI=1S/C29H35N3O4/c1-19(27-23-11-7-8-12-24(23)28(33)31-30-27)29(34)32(21-14-15-21)18-20-13-16-25(35-2)26(17-20)36-22-9-5-3-4-6-10-22/h7-8,11-13,16-17,19,21-22H,3-6,9-10,14-15,18H2,1-2H3,(H,31,33). The molecule has 1 heterocycles. The van der Waals surface area contributed by atoms with E-state index in [2.05, 4.69) is 10.2 Å². The number of carbonyl (C=O) groups excluding carboxylic acids is 1. The second kappa shape index (κ2) is 10.7. The molecule has 3 aromatic rings. The minimum absolute atomic E-state index is 0.0178. The molecule has 5 rings (SSSR count). The zero-order chi connectivity index (χ0) is 25.1. The van der Waals surface area contributed by atoms with Crippen molar-refractivity contribution in [3.05, 3.63) is 64.1 Å². The molecule has 2 fully saturated rings. The highest BCUT2D eigenvalue weighted by molar-refractivity contribution is 5.91. The lowest BCUT2D eigenvalue weighted by Crippen LogP contribution is -2.36. The molecule has 2 aliphatic carbocycles. The van der Waals surface area contributed by atoms with E-state index in [1.165, 1.54) is 25.7 Å². The first-order valence-corrected chi connectivity index (χ1v) is 13.2. The normalized spacial score (nSPS) is 17.4. The summed E-state index contributed by atoms with van der Waals surface area (Å²) in [5.74, 6) is 1.02. The molecular formula is C29H35N3O4. The molecule has 7 heteroatoms. The Kier molecular flexibility index (Phi) is 7.25. The van der Waals surface area contributed by atoms with Gasteiger partial charge in [-0.05, 0) is 69.2 Å². The highest BCUT2D eigenvalue weighted by atomic mass is 16.5. The van der Waals surface area contributed by atoms with Gasteiger partial charge in [0.25, 0.3) is 5.56 Å². The summed E-state index contributed by atoms with van der Waals surface area (Å²) in [4.78, 5) is 27.9. The van der Waals surface area contributed by atoms with E-state index < -0.39 is 5.92 Å². The fourth-order valence-electron chi connectivity index (χ4n) is 5.25. The number of ether oxygens (including phenoxy) is 2. The van der Waals surface area contributed by atoms with Crippen molar-refractivity contribution in [3.63, 3.8) is 0 Å². The number of aromatic nitrogens is 2. The molecule has 2 aromatic carbocycles. The molecule has 190 valence electrons. The molecule has 0 bridgehead atoms. The van der Waals surface area contributed by atoms with Crippen LogP contribution in [0.25, 0.3) is 10.8 Å². The lowest BCUT2D eigenvalue weighted by molar-refractivity contribution is -0.133. The van der Waals surface area contributed by atoms with Crippen molar-refractivity contribution in [2.45, 2.75) is 82.9 Å². The third-order valence-electron chi connectivity index (χ3n) is 7.45. The molecule has 0 radical (unpaired) electrons. The van der Waals surface area contributed by atoms with Crippen molar-refractivity contribution in [2.24, 2.45) is 0 Å². The van der Waals surface area contributed by atoms with Crippen molar-refractivity contribution in [3.8, 4) is 11.5 Å². The number of nitrogens with one attached hydrogen (secondary N) is 1.